The number of hydrogen-bond donors (Lipinski definition) is 2. The fraction of sp³-hybridized carbons (Fsp3) is 0.176. The minimum Gasteiger partial charge on any atom is -0.420 e. The molecule has 0 saturated heterocycles. The zero-order valence-corrected chi connectivity index (χ0v) is 15.5. The van der Waals surface area contributed by atoms with Crippen molar-refractivity contribution in [2.24, 2.45) is 4.99 Å². The Balaban J connectivity index is 1.93. The molecule has 1 unspecified atom stereocenters. The first kappa shape index (κ1) is 21.8. The minimum absolute atomic E-state index is 0.00654. The number of hydrogen-bond acceptors (Lipinski definition) is 4. The van der Waals surface area contributed by atoms with Crippen molar-refractivity contribution in [1.82, 2.24) is 0 Å². The third kappa shape index (κ3) is 5.00. The highest BCUT2D eigenvalue weighted by atomic mass is 31.2. The molecule has 13 heteroatoms. The first-order valence-corrected chi connectivity index (χ1v) is 9.61. The molecule has 0 saturated carbocycles. The van der Waals surface area contributed by atoms with Crippen molar-refractivity contribution < 1.29 is 45.1 Å². The number of anilines is 1. The predicted octanol–water partition coefficient (Wildman–Crippen LogP) is 4.95. The van der Waals surface area contributed by atoms with Gasteiger partial charge < -0.3 is 14.7 Å². The highest BCUT2D eigenvalue weighted by Crippen LogP contribution is 2.48. The van der Waals surface area contributed by atoms with Crippen LogP contribution < -0.4 is 9.84 Å². The fourth-order valence-corrected chi connectivity index (χ4v) is 3.32. The van der Waals surface area contributed by atoms with Crippen molar-refractivity contribution in [2.75, 3.05) is 11.9 Å². The topological polar surface area (TPSA) is 88.0 Å². The summed E-state index contributed by atoms with van der Waals surface area (Å²) in [5, 5.41) is 1.93. The van der Waals surface area contributed by atoms with Gasteiger partial charge in [-0.2, -0.15) is 26.3 Å². The van der Waals surface area contributed by atoms with E-state index in [4.69, 9.17) is 4.52 Å². The van der Waals surface area contributed by atoms with Gasteiger partial charge >= 0.3 is 19.9 Å². The average Bonchev–Trinajstić information content (AvgIpc) is 3.46. The summed E-state index contributed by atoms with van der Waals surface area (Å²) in [6.45, 7) is 0.00654. The Morgan fingerprint density at radius 1 is 1.03 bits per heavy atom. The summed E-state index contributed by atoms with van der Waals surface area (Å²) in [5.41, 5.74) is -4.48. The molecular formula is C17H11F6N2O4P. The molecule has 6 nitrogen and oxygen atoms in total. The van der Waals surface area contributed by atoms with Gasteiger partial charge in [-0.25, -0.2) is 4.57 Å². The number of alkyl halides is 6. The summed E-state index contributed by atoms with van der Waals surface area (Å²) in [6.07, 6.45) is -10.2. The van der Waals surface area contributed by atoms with E-state index in [1.807, 2.05) is 5.32 Å². The molecule has 0 aromatic heterocycles. The van der Waals surface area contributed by atoms with Gasteiger partial charge in [0.2, 0.25) is 0 Å². The molecule has 0 radical (unpaired) electrons. The van der Waals surface area contributed by atoms with Crippen LogP contribution in [-0.2, 0) is 16.9 Å². The van der Waals surface area contributed by atoms with Crippen LogP contribution in [0.3, 0.4) is 0 Å². The highest BCUT2D eigenvalue weighted by molar-refractivity contribution is 7.72. The van der Waals surface area contributed by atoms with Crippen molar-refractivity contribution in [1.29, 1.82) is 0 Å². The second kappa shape index (κ2) is 7.44. The zero-order valence-electron chi connectivity index (χ0n) is 14.6. The number of carbonyl (C=O) groups is 1. The third-order valence-electron chi connectivity index (χ3n) is 3.83. The van der Waals surface area contributed by atoms with Gasteiger partial charge in [0.25, 0.3) is 5.91 Å². The van der Waals surface area contributed by atoms with E-state index in [1.165, 1.54) is 12.1 Å². The molecule has 0 fully saturated rings. The summed E-state index contributed by atoms with van der Waals surface area (Å²) < 4.78 is 94.7. The maximum atomic E-state index is 13.0. The van der Waals surface area contributed by atoms with Crippen LogP contribution in [0, 0.1) is 0 Å². The van der Waals surface area contributed by atoms with Gasteiger partial charge in [-0.1, -0.05) is 12.1 Å². The van der Waals surface area contributed by atoms with Gasteiger partial charge in [-0.15, -0.1) is 0 Å². The monoisotopic (exact) mass is 452 g/mol. The number of nitrogens with zero attached hydrogens (tertiary/aromatic N) is 1. The van der Waals surface area contributed by atoms with Gasteiger partial charge in [0.1, 0.15) is 5.75 Å². The smallest absolute Gasteiger partial charge is 0.420 e. The average molecular weight is 452 g/mol. The zero-order chi connectivity index (χ0) is 22.3. The number of para-hydroxylation sites is 1. The lowest BCUT2D eigenvalue weighted by atomic mass is 10.1. The van der Waals surface area contributed by atoms with Gasteiger partial charge in [-0.3, -0.25) is 9.79 Å². The van der Waals surface area contributed by atoms with Gasteiger partial charge in [0, 0.05) is 5.69 Å². The highest BCUT2D eigenvalue weighted by Gasteiger charge is 2.38. The molecule has 3 rings (SSSR count). The van der Waals surface area contributed by atoms with Crippen LogP contribution in [0.25, 0.3) is 0 Å². The van der Waals surface area contributed by atoms with Crippen molar-refractivity contribution in [2.45, 2.75) is 12.4 Å². The van der Waals surface area contributed by atoms with Crippen LogP contribution in [0.5, 0.6) is 5.75 Å². The second-order valence-corrected chi connectivity index (χ2v) is 7.83. The number of halogens is 6. The standard InChI is InChI=1S/C17H11F6N2O4P/c18-16(19,20)9-5-10(17(21,22)23)7-11(6-9)25-15(26)12-3-1-2-4-13(12)29-30(27,28)14-8-24-14/h1-7H,8H2,(H,25,26)(H,27,28). The lowest BCUT2D eigenvalue weighted by molar-refractivity contribution is -0.143. The number of carbonyl (C=O) groups excluding carboxylic acids is 1. The molecule has 1 atom stereocenters. The van der Waals surface area contributed by atoms with E-state index < -0.39 is 48.4 Å². The third-order valence-corrected chi connectivity index (χ3v) is 5.20. The van der Waals surface area contributed by atoms with Crippen LogP contribution in [0.1, 0.15) is 21.5 Å². The van der Waals surface area contributed by atoms with Gasteiger partial charge in [-0.05, 0) is 30.3 Å². The predicted molar refractivity (Wildman–Crippen MR) is 93.6 cm³/mol. The van der Waals surface area contributed by atoms with Crippen LogP contribution in [0.15, 0.2) is 47.5 Å². The van der Waals surface area contributed by atoms with E-state index in [-0.39, 0.29) is 23.6 Å². The van der Waals surface area contributed by atoms with E-state index in [0.717, 1.165) is 12.1 Å². The first-order chi connectivity index (χ1) is 13.8. The molecule has 1 aliphatic heterocycles. The molecular weight excluding hydrogens is 441 g/mol. The number of nitrogens with one attached hydrogen (secondary N) is 1. The molecule has 1 amide bonds. The van der Waals surface area contributed by atoms with E-state index in [9.17, 15) is 40.6 Å². The molecule has 0 bridgehead atoms. The quantitative estimate of drug-likeness (QED) is 0.496. The maximum absolute atomic E-state index is 13.0. The second-order valence-electron chi connectivity index (χ2n) is 6.09. The summed E-state index contributed by atoms with van der Waals surface area (Å²) in [4.78, 5) is 25.8. The summed E-state index contributed by atoms with van der Waals surface area (Å²) in [7, 11) is -4.31. The molecule has 1 heterocycles. The van der Waals surface area contributed by atoms with E-state index >= 15 is 0 Å². The number of rotatable bonds is 5. The Morgan fingerprint density at radius 2 is 1.57 bits per heavy atom. The van der Waals surface area contributed by atoms with E-state index in [2.05, 4.69) is 4.99 Å². The Bertz CT molecular complexity index is 1050. The maximum Gasteiger partial charge on any atom is 0.423 e. The van der Waals surface area contributed by atoms with Gasteiger partial charge in [0.05, 0.1) is 23.2 Å². The van der Waals surface area contributed by atoms with Crippen molar-refractivity contribution >= 4 is 24.6 Å². The summed E-state index contributed by atoms with van der Waals surface area (Å²) in [6, 6.07) is 5.55. The molecule has 2 aromatic rings. The summed E-state index contributed by atoms with van der Waals surface area (Å²) >= 11 is 0. The molecule has 30 heavy (non-hydrogen) atoms. The number of amides is 1. The van der Waals surface area contributed by atoms with Crippen molar-refractivity contribution in [3.05, 3.63) is 59.2 Å². The SMILES string of the molecule is O=C(Nc1cc(C(F)(F)F)cc(C(F)(F)F)c1)c1ccccc1OP(=O)(O)C1=NC1. The lowest BCUT2D eigenvalue weighted by Crippen LogP contribution is -2.16. The van der Waals surface area contributed by atoms with Crippen LogP contribution in [0.4, 0.5) is 32.0 Å². The molecule has 0 aliphatic carbocycles. The Labute approximate surface area is 164 Å². The lowest BCUT2D eigenvalue weighted by Gasteiger charge is -2.16. The Hall–Kier alpha value is -2.85. The fourth-order valence-electron chi connectivity index (χ4n) is 2.36. The number of aliphatic imine (C=N–C) groups is 1. The van der Waals surface area contributed by atoms with Crippen LogP contribution in [-0.4, -0.2) is 22.8 Å². The van der Waals surface area contributed by atoms with E-state index in [1.54, 1.807) is 0 Å². The Morgan fingerprint density at radius 3 is 2.07 bits per heavy atom. The van der Waals surface area contributed by atoms with Crippen molar-refractivity contribution in [3.63, 3.8) is 0 Å². The van der Waals surface area contributed by atoms with Crippen molar-refractivity contribution in [3.8, 4) is 5.75 Å². The molecule has 1 aliphatic rings. The first-order valence-electron chi connectivity index (χ1n) is 8.03. The number of benzene rings is 2. The molecule has 2 N–H and O–H groups in total. The Kier molecular flexibility index (Phi) is 5.42. The summed E-state index contributed by atoms with van der Waals surface area (Å²) in [5.74, 6) is -1.53. The minimum atomic E-state index is -5.09. The largest absolute Gasteiger partial charge is 0.423 e. The molecule has 2 aromatic carbocycles. The van der Waals surface area contributed by atoms with E-state index in [0.29, 0.717) is 12.1 Å². The van der Waals surface area contributed by atoms with Crippen LogP contribution in [0.2, 0.25) is 0 Å². The molecule has 0 spiro atoms. The van der Waals surface area contributed by atoms with Gasteiger partial charge in [0.15, 0.2) is 5.45 Å². The van der Waals surface area contributed by atoms with Crippen LogP contribution >= 0.6 is 7.60 Å². The normalized spacial score (nSPS) is 15.8. The molecule has 160 valence electrons.